The number of rotatable bonds is 2. The average Bonchev–Trinajstić information content (AvgIpc) is 2.05. The fraction of sp³-hybridized carbons (Fsp3) is 0.167. The van der Waals surface area contributed by atoms with Crippen LogP contribution in [0.15, 0.2) is 15.7 Å². The van der Waals surface area contributed by atoms with E-state index in [0.29, 0.717) is 0 Å². The van der Waals surface area contributed by atoms with E-state index in [1.807, 2.05) is 0 Å². The molecule has 0 aliphatic rings. The molecule has 0 aromatic carbocycles. The number of sulfonamides is 1. The number of aromatic nitrogens is 1. The van der Waals surface area contributed by atoms with Crippen molar-refractivity contribution in [2.45, 2.75) is 11.3 Å². The maximum atomic E-state index is 12.5. The number of alkyl halides is 2. The van der Waals surface area contributed by atoms with Crippen molar-refractivity contribution in [1.29, 1.82) is 0 Å². The number of nitrogens with zero attached hydrogens (tertiary/aromatic N) is 1. The highest BCUT2D eigenvalue weighted by atomic mass is 79.9. The predicted octanol–water partition coefficient (Wildman–Crippen LogP) is 2.08. The minimum absolute atomic E-state index is 0.287. The number of hydrogen-bond donors (Lipinski definition) is 1. The molecule has 0 atom stereocenters. The largest absolute Gasteiger partial charge is 0.266 e. The lowest BCUT2D eigenvalue weighted by Gasteiger charge is -2.09. The Bertz CT molecular complexity index is 494. The van der Waals surface area contributed by atoms with Crippen LogP contribution < -0.4 is 5.14 Å². The molecule has 0 saturated carbocycles. The van der Waals surface area contributed by atoms with Gasteiger partial charge < -0.3 is 0 Å². The van der Waals surface area contributed by atoms with E-state index in [-0.39, 0.29) is 4.60 Å². The number of primary sulfonamides is 1. The van der Waals surface area contributed by atoms with Crippen LogP contribution in [0.5, 0.6) is 0 Å². The molecule has 0 aliphatic heterocycles. The molecule has 0 aliphatic carbocycles. The Morgan fingerprint density at radius 1 is 1.53 bits per heavy atom. The Morgan fingerprint density at radius 2 is 2.07 bits per heavy atom. The van der Waals surface area contributed by atoms with Crippen molar-refractivity contribution < 1.29 is 17.2 Å². The van der Waals surface area contributed by atoms with E-state index in [9.17, 15) is 17.2 Å². The first-order valence-electron chi connectivity index (χ1n) is 3.40. The fourth-order valence-corrected chi connectivity index (χ4v) is 3.00. The van der Waals surface area contributed by atoms with Crippen LogP contribution in [0.2, 0.25) is 5.02 Å². The second kappa shape index (κ2) is 4.28. The summed E-state index contributed by atoms with van der Waals surface area (Å²) in [6.07, 6.45) is -2.13. The molecule has 9 heteroatoms. The van der Waals surface area contributed by atoms with Gasteiger partial charge in [-0.3, -0.25) is 0 Å². The van der Waals surface area contributed by atoms with E-state index in [4.69, 9.17) is 16.7 Å². The predicted molar refractivity (Wildman–Crippen MR) is 53.3 cm³/mol. The molecule has 4 nitrogen and oxygen atoms in total. The number of nitrogens with two attached hydrogens (primary N) is 1. The number of halogens is 4. The molecule has 1 rings (SSSR count). The zero-order valence-electron chi connectivity index (χ0n) is 6.92. The molecule has 15 heavy (non-hydrogen) atoms. The van der Waals surface area contributed by atoms with Gasteiger partial charge in [-0.05, 0) is 15.9 Å². The van der Waals surface area contributed by atoms with Gasteiger partial charge in [0.25, 0.3) is 6.43 Å². The molecule has 1 aromatic heterocycles. The van der Waals surface area contributed by atoms with Crippen molar-refractivity contribution >= 4 is 37.6 Å². The van der Waals surface area contributed by atoms with Crippen LogP contribution in [0.3, 0.4) is 0 Å². The van der Waals surface area contributed by atoms with Crippen molar-refractivity contribution in [3.05, 3.63) is 21.4 Å². The standard InChI is InChI=1S/C6H4BrClF2N2O2S/c7-5-4(15(11,13)14)3(6(9)10)2(8)1-12-5/h1,6H,(H2,11,13,14). The third-order valence-electron chi connectivity index (χ3n) is 1.48. The smallest absolute Gasteiger partial charge is 0.246 e. The third kappa shape index (κ3) is 2.63. The highest BCUT2D eigenvalue weighted by Crippen LogP contribution is 2.35. The van der Waals surface area contributed by atoms with E-state index in [2.05, 4.69) is 20.9 Å². The number of hydrogen-bond acceptors (Lipinski definition) is 3. The molecule has 1 aromatic rings. The Labute approximate surface area is 97.6 Å². The molecule has 0 saturated heterocycles. The lowest BCUT2D eigenvalue weighted by molar-refractivity contribution is 0.147. The highest BCUT2D eigenvalue weighted by Gasteiger charge is 2.27. The Hall–Kier alpha value is -0.310. The summed E-state index contributed by atoms with van der Waals surface area (Å²) in [7, 11) is -4.31. The maximum Gasteiger partial charge on any atom is 0.266 e. The van der Waals surface area contributed by atoms with Gasteiger partial charge in [0.15, 0.2) is 0 Å². The van der Waals surface area contributed by atoms with Crippen molar-refractivity contribution in [3.8, 4) is 0 Å². The van der Waals surface area contributed by atoms with Crippen LogP contribution in [0.25, 0.3) is 0 Å². The first-order chi connectivity index (χ1) is 6.75. The summed E-state index contributed by atoms with van der Waals surface area (Å²) in [6, 6.07) is 0. The summed E-state index contributed by atoms with van der Waals surface area (Å²) in [4.78, 5) is 2.69. The van der Waals surface area contributed by atoms with E-state index < -0.39 is 31.9 Å². The Kier molecular flexibility index (Phi) is 3.64. The quantitative estimate of drug-likeness (QED) is 0.848. The van der Waals surface area contributed by atoms with Crippen LogP contribution >= 0.6 is 27.5 Å². The normalized spacial score (nSPS) is 12.1. The van der Waals surface area contributed by atoms with E-state index in [1.54, 1.807) is 0 Å². The van der Waals surface area contributed by atoms with Gasteiger partial charge >= 0.3 is 0 Å². The molecular weight excluding hydrogens is 317 g/mol. The summed E-state index contributed by atoms with van der Waals surface area (Å²) in [5, 5.41) is 4.33. The third-order valence-corrected chi connectivity index (χ3v) is 3.63. The van der Waals surface area contributed by atoms with Crippen molar-refractivity contribution in [2.24, 2.45) is 5.14 Å². The molecule has 0 unspecified atom stereocenters. The first-order valence-corrected chi connectivity index (χ1v) is 6.11. The SMILES string of the molecule is NS(=O)(=O)c1c(Br)ncc(Cl)c1C(F)F. The summed E-state index contributed by atoms with van der Waals surface area (Å²) >= 11 is 8.14. The molecule has 0 amide bonds. The molecule has 0 spiro atoms. The van der Waals surface area contributed by atoms with E-state index in [0.717, 1.165) is 6.20 Å². The Balaban J connectivity index is 3.68. The van der Waals surface area contributed by atoms with Crippen molar-refractivity contribution in [2.75, 3.05) is 0 Å². The average molecular weight is 322 g/mol. The Morgan fingerprint density at radius 3 is 2.40 bits per heavy atom. The second-order valence-electron chi connectivity index (χ2n) is 2.49. The van der Waals surface area contributed by atoms with Crippen molar-refractivity contribution in [3.63, 3.8) is 0 Å². The molecule has 1 heterocycles. The first kappa shape index (κ1) is 12.8. The van der Waals surface area contributed by atoms with Crippen molar-refractivity contribution in [1.82, 2.24) is 4.98 Å². The number of pyridine rings is 1. The molecule has 0 fully saturated rings. The lowest BCUT2D eigenvalue weighted by atomic mass is 10.3. The van der Waals surface area contributed by atoms with E-state index >= 15 is 0 Å². The van der Waals surface area contributed by atoms with Gasteiger partial charge in [-0.1, -0.05) is 11.6 Å². The van der Waals surface area contributed by atoms with E-state index in [1.165, 1.54) is 0 Å². The minimum atomic E-state index is -4.31. The van der Waals surface area contributed by atoms with Gasteiger partial charge in [-0.25, -0.2) is 27.3 Å². The molecule has 0 bridgehead atoms. The van der Waals surface area contributed by atoms with Crippen LogP contribution in [-0.2, 0) is 10.0 Å². The topological polar surface area (TPSA) is 73.1 Å². The zero-order chi connectivity index (χ0) is 11.8. The van der Waals surface area contributed by atoms with Crippen LogP contribution in [0.4, 0.5) is 8.78 Å². The summed E-state index contributed by atoms with van der Waals surface area (Å²) in [5.41, 5.74) is -0.846. The maximum absolute atomic E-state index is 12.5. The second-order valence-corrected chi connectivity index (χ2v) is 5.14. The van der Waals surface area contributed by atoms with Gasteiger partial charge in [-0.2, -0.15) is 0 Å². The van der Waals surface area contributed by atoms with Gasteiger partial charge in [0.05, 0.1) is 10.6 Å². The zero-order valence-corrected chi connectivity index (χ0v) is 10.1. The van der Waals surface area contributed by atoms with Gasteiger partial charge in [0.1, 0.15) is 9.50 Å². The van der Waals surface area contributed by atoms with Gasteiger partial charge in [-0.15, -0.1) is 0 Å². The molecule has 84 valence electrons. The van der Waals surface area contributed by atoms with Crippen LogP contribution in [-0.4, -0.2) is 13.4 Å². The van der Waals surface area contributed by atoms with Crippen LogP contribution in [0, 0.1) is 0 Å². The summed E-state index contributed by atoms with van der Waals surface area (Å²) < 4.78 is 46.9. The minimum Gasteiger partial charge on any atom is -0.246 e. The van der Waals surface area contributed by atoms with Gasteiger partial charge in [0.2, 0.25) is 10.0 Å². The summed E-state index contributed by atoms with van der Waals surface area (Å²) in [5.74, 6) is 0. The van der Waals surface area contributed by atoms with Gasteiger partial charge in [0, 0.05) is 6.20 Å². The lowest BCUT2D eigenvalue weighted by Crippen LogP contribution is -2.16. The highest BCUT2D eigenvalue weighted by molar-refractivity contribution is 9.10. The fourth-order valence-electron chi connectivity index (χ4n) is 0.935. The molecule has 0 radical (unpaired) electrons. The molecule has 2 N–H and O–H groups in total. The van der Waals surface area contributed by atoms with Crippen LogP contribution in [0.1, 0.15) is 12.0 Å². The summed E-state index contributed by atoms with van der Waals surface area (Å²) in [6.45, 7) is 0. The monoisotopic (exact) mass is 320 g/mol. The molecular formula is C6H4BrClF2N2O2S.